The van der Waals surface area contributed by atoms with Gasteiger partial charge in [0.2, 0.25) is 5.16 Å². The molecule has 0 saturated heterocycles. The molecule has 30 heavy (non-hydrogen) atoms. The number of thioether (sulfide) groups is 1. The van der Waals surface area contributed by atoms with Crippen LogP contribution in [-0.4, -0.2) is 30.8 Å². The van der Waals surface area contributed by atoms with Crippen molar-refractivity contribution in [2.45, 2.75) is 25.0 Å². The zero-order chi connectivity index (χ0) is 21.1. The highest BCUT2D eigenvalue weighted by Gasteiger charge is 2.16. The van der Waals surface area contributed by atoms with E-state index in [0.29, 0.717) is 23.1 Å². The number of fused-ring (bicyclic) bond motifs is 1. The third-order valence-electron chi connectivity index (χ3n) is 4.66. The monoisotopic (exact) mass is 438 g/mol. The fourth-order valence-electron chi connectivity index (χ4n) is 3.19. The average Bonchev–Trinajstić information content (AvgIpc) is 3.34. The van der Waals surface area contributed by atoms with Gasteiger partial charge in [0.05, 0.1) is 0 Å². The highest BCUT2D eigenvalue weighted by atomic mass is 35.5. The molecule has 0 atom stereocenters. The Balaban J connectivity index is 1.73. The van der Waals surface area contributed by atoms with Gasteiger partial charge >= 0.3 is 5.97 Å². The molecule has 8 heteroatoms. The Kier molecular flexibility index (Phi) is 5.92. The molecule has 0 saturated carbocycles. The number of rotatable bonds is 7. The smallest absolute Gasteiger partial charge is 0.342 e. The molecule has 0 aliphatic carbocycles. The number of aromatic nitrogens is 4. The lowest BCUT2D eigenvalue weighted by Gasteiger charge is -2.07. The maximum atomic E-state index is 11.9. The molecule has 0 amide bonds. The molecule has 0 unspecified atom stereocenters. The number of carbonyl (C=O) groups is 1. The summed E-state index contributed by atoms with van der Waals surface area (Å²) in [5.41, 5.74) is 2.81. The van der Waals surface area contributed by atoms with Gasteiger partial charge in [-0.15, -0.1) is 5.10 Å². The predicted octanol–water partition coefficient (Wildman–Crippen LogP) is 5.24. The number of hydrogen-bond donors (Lipinski definition) is 2. The highest BCUT2D eigenvalue weighted by Crippen LogP contribution is 2.30. The summed E-state index contributed by atoms with van der Waals surface area (Å²) in [5, 5.41) is 18.7. The van der Waals surface area contributed by atoms with Crippen molar-refractivity contribution in [3.05, 3.63) is 81.6 Å². The Morgan fingerprint density at radius 1 is 1.23 bits per heavy atom. The number of nitrogens with one attached hydrogen (secondary N) is 1. The van der Waals surface area contributed by atoms with Crippen LogP contribution in [0.3, 0.4) is 0 Å². The molecule has 2 aromatic heterocycles. The predicted molar refractivity (Wildman–Crippen MR) is 120 cm³/mol. The Hall–Kier alpha value is -3.03. The van der Waals surface area contributed by atoms with Gasteiger partial charge in [-0.2, -0.15) is 0 Å². The summed E-state index contributed by atoms with van der Waals surface area (Å²) < 4.78 is 2.08. The minimum atomic E-state index is -1.02. The highest BCUT2D eigenvalue weighted by molar-refractivity contribution is 8.04. The Morgan fingerprint density at radius 2 is 2.00 bits per heavy atom. The summed E-state index contributed by atoms with van der Waals surface area (Å²) in [5.74, 6) is -0.302. The van der Waals surface area contributed by atoms with Gasteiger partial charge in [-0.3, -0.25) is 5.10 Å². The molecule has 0 aliphatic heterocycles. The van der Waals surface area contributed by atoms with E-state index in [1.54, 1.807) is 6.08 Å². The van der Waals surface area contributed by atoms with Crippen LogP contribution in [-0.2, 0) is 17.8 Å². The fourth-order valence-corrected chi connectivity index (χ4v) is 4.10. The lowest BCUT2D eigenvalue weighted by molar-refractivity contribution is -0.131. The standard InChI is InChI=1S/C22H19ClN4O2S/c1-2-20-24-22(26-25-20)30-19(21(28)29)11-15-13-27(18-10-6-4-8-16(15)18)12-14-7-3-5-9-17(14)23/h3-11,13H,2,12H2,1H3,(H,28,29)(H,24,25,26)/b19-11-. The zero-order valence-electron chi connectivity index (χ0n) is 16.2. The number of carboxylic acid groups (broad SMARTS) is 1. The molecule has 4 rings (SSSR count). The number of aliphatic carboxylic acids is 1. The van der Waals surface area contributed by atoms with Gasteiger partial charge in [-0.1, -0.05) is 54.9 Å². The molecule has 0 aliphatic rings. The molecule has 2 N–H and O–H groups in total. The van der Waals surface area contributed by atoms with Gasteiger partial charge in [0.1, 0.15) is 10.7 Å². The van der Waals surface area contributed by atoms with E-state index in [2.05, 4.69) is 19.7 Å². The molecule has 152 valence electrons. The first-order valence-corrected chi connectivity index (χ1v) is 10.6. The van der Waals surface area contributed by atoms with Crippen LogP contribution in [0.15, 0.2) is 64.8 Å². The normalized spacial score (nSPS) is 11.9. The first-order valence-electron chi connectivity index (χ1n) is 9.40. The summed E-state index contributed by atoms with van der Waals surface area (Å²) in [6.45, 7) is 2.54. The summed E-state index contributed by atoms with van der Waals surface area (Å²) in [6.07, 6.45) is 4.32. The van der Waals surface area contributed by atoms with Crippen LogP contribution in [0.2, 0.25) is 5.02 Å². The van der Waals surface area contributed by atoms with E-state index in [9.17, 15) is 9.90 Å². The number of halogens is 1. The van der Waals surface area contributed by atoms with Crippen LogP contribution in [0.5, 0.6) is 0 Å². The topological polar surface area (TPSA) is 83.8 Å². The summed E-state index contributed by atoms with van der Waals surface area (Å²) >= 11 is 7.37. The third kappa shape index (κ3) is 4.27. The number of hydrogen-bond acceptors (Lipinski definition) is 4. The minimum Gasteiger partial charge on any atom is -0.477 e. The van der Waals surface area contributed by atoms with Crippen LogP contribution in [0.4, 0.5) is 0 Å². The van der Waals surface area contributed by atoms with Crippen molar-refractivity contribution in [1.82, 2.24) is 19.7 Å². The Bertz CT molecular complexity index is 1240. The number of benzene rings is 2. The quantitative estimate of drug-likeness (QED) is 0.304. The van der Waals surface area contributed by atoms with Crippen LogP contribution in [0.25, 0.3) is 17.0 Å². The molecular weight excluding hydrogens is 420 g/mol. The van der Waals surface area contributed by atoms with Gasteiger partial charge in [0, 0.05) is 40.7 Å². The van der Waals surface area contributed by atoms with Crippen LogP contribution in [0.1, 0.15) is 23.9 Å². The van der Waals surface area contributed by atoms with Crippen molar-refractivity contribution in [3.8, 4) is 0 Å². The molecule has 0 bridgehead atoms. The van der Waals surface area contributed by atoms with E-state index in [4.69, 9.17) is 11.6 Å². The van der Waals surface area contributed by atoms with E-state index in [0.717, 1.165) is 39.6 Å². The van der Waals surface area contributed by atoms with Gasteiger partial charge in [0.25, 0.3) is 0 Å². The van der Waals surface area contributed by atoms with Gasteiger partial charge in [-0.05, 0) is 35.5 Å². The van der Waals surface area contributed by atoms with Crippen molar-refractivity contribution in [3.63, 3.8) is 0 Å². The lowest BCUT2D eigenvalue weighted by Crippen LogP contribution is -1.98. The summed E-state index contributed by atoms with van der Waals surface area (Å²) in [6, 6.07) is 15.6. The van der Waals surface area contributed by atoms with Gasteiger partial charge in [-0.25, -0.2) is 9.78 Å². The van der Waals surface area contributed by atoms with E-state index < -0.39 is 5.97 Å². The molecule has 6 nitrogen and oxygen atoms in total. The fraction of sp³-hybridized carbons (Fsp3) is 0.136. The summed E-state index contributed by atoms with van der Waals surface area (Å²) in [4.78, 5) is 16.3. The molecule has 0 radical (unpaired) electrons. The van der Waals surface area contributed by atoms with Crippen LogP contribution >= 0.6 is 23.4 Å². The molecular formula is C22H19ClN4O2S. The number of H-pyrrole nitrogens is 1. The molecule has 4 aromatic rings. The second-order valence-electron chi connectivity index (χ2n) is 6.65. The number of aryl methyl sites for hydroxylation is 1. The maximum absolute atomic E-state index is 11.9. The van der Waals surface area contributed by atoms with Crippen molar-refractivity contribution >= 4 is 46.3 Å². The van der Waals surface area contributed by atoms with E-state index in [-0.39, 0.29) is 4.91 Å². The number of para-hydroxylation sites is 1. The second kappa shape index (κ2) is 8.77. The Labute approximate surface area is 182 Å². The average molecular weight is 439 g/mol. The van der Waals surface area contributed by atoms with E-state index >= 15 is 0 Å². The van der Waals surface area contributed by atoms with Crippen LogP contribution < -0.4 is 0 Å². The van der Waals surface area contributed by atoms with E-state index in [1.807, 2.05) is 61.7 Å². The third-order valence-corrected chi connectivity index (χ3v) is 5.91. The lowest BCUT2D eigenvalue weighted by atomic mass is 10.1. The Morgan fingerprint density at radius 3 is 2.73 bits per heavy atom. The first-order chi connectivity index (χ1) is 14.5. The number of aromatic amines is 1. The molecule has 2 heterocycles. The van der Waals surface area contributed by atoms with Gasteiger partial charge in [0.15, 0.2) is 0 Å². The molecule has 0 fully saturated rings. The largest absolute Gasteiger partial charge is 0.477 e. The first kappa shape index (κ1) is 20.3. The van der Waals surface area contributed by atoms with Crippen molar-refractivity contribution in [1.29, 1.82) is 0 Å². The van der Waals surface area contributed by atoms with Crippen molar-refractivity contribution in [2.24, 2.45) is 0 Å². The number of carboxylic acids is 1. The number of nitrogens with zero attached hydrogens (tertiary/aromatic N) is 3. The SMILES string of the molecule is CCc1nc(S/C(=C\c2cn(Cc3ccccc3Cl)c3ccccc23)C(=O)O)n[nH]1. The zero-order valence-corrected chi connectivity index (χ0v) is 17.7. The van der Waals surface area contributed by atoms with E-state index in [1.165, 1.54) is 0 Å². The van der Waals surface area contributed by atoms with Crippen LogP contribution in [0, 0.1) is 0 Å². The second-order valence-corrected chi connectivity index (χ2v) is 8.07. The summed E-state index contributed by atoms with van der Waals surface area (Å²) in [7, 11) is 0. The molecule has 0 spiro atoms. The van der Waals surface area contributed by atoms with Crippen molar-refractivity contribution in [2.75, 3.05) is 0 Å². The van der Waals surface area contributed by atoms with Gasteiger partial charge < -0.3 is 9.67 Å². The maximum Gasteiger partial charge on any atom is 0.342 e. The molecule has 2 aromatic carbocycles. The minimum absolute atomic E-state index is 0.150. The van der Waals surface area contributed by atoms with Crippen molar-refractivity contribution < 1.29 is 9.90 Å².